The van der Waals surface area contributed by atoms with E-state index in [1.165, 1.54) is 0 Å². The number of benzene rings is 2. The number of aromatic nitrogens is 3. The Hall–Kier alpha value is -2.40. The van der Waals surface area contributed by atoms with Gasteiger partial charge in [-0.1, -0.05) is 30.3 Å². The van der Waals surface area contributed by atoms with E-state index >= 15 is 0 Å². The van der Waals surface area contributed by atoms with Gasteiger partial charge in [-0.2, -0.15) is 15.0 Å². The van der Waals surface area contributed by atoms with Gasteiger partial charge in [-0.05, 0) is 24.3 Å². The molecule has 0 aliphatic rings. The summed E-state index contributed by atoms with van der Waals surface area (Å²) in [4.78, 5) is 1.61. The zero-order chi connectivity index (χ0) is 14.5. The zero-order valence-electron chi connectivity index (χ0n) is 11.8. The Morgan fingerprint density at radius 3 is 2.19 bits per heavy atom. The number of fused-ring (bicyclic) bond motifs is 1. The summed E-state index contributed by atoms with van der Waals surface area (Å²) in [5.41, 5.74) is 1.73. The molecule has 5 nitrogen and oxygen atoms in total. The molecule has 0 aliphatic heterocycles. The van der Waals surface area contributed by atoms with Gasteiger partial charge in [0, 0.05) is 13.5 Å². The molecule has 0 amide bonds. The van der Waals surface area contributed by atoms with Crippen LogP contribution in [0, 0.1) is 0 Å². The van der Waals surface area contributed by atoms with Crippen molar-refractivity contribution in [3.8, 4) is 5.75 Å². The molecule has 21 heavy (non-hydrogen) atoms. The second-order valence-corrected chi connectivity index (χ2v) is 4.65. The highest BCUT2D eigenvalue weighted by molar-refractivity contribution is 5.72. The molecule has 0 radical (unpaired) electrons. The molecule has 0 saturated carbocycles. The highest BCUT2D eigenvalue weighted by Crippen LogP contribution is 2.16. The summed E-state index contributed by atoms with van der Waals surface area (Å²) in [6.45, 7) is 0.542. The van der Waals surface area contributed by atoms with Crippen LogP contribution in [0.3, 0.4) is 0 Å². The van der Waals surface area contributed by atoms with E-state index in [0.717, 1.165) is 16.8 Å². The van der Waals surface area contributed by atoms with Crippen LogP contribution in [-0.4, -0.2) is 28.7 Å². The van der Waals surface area contributed by atoms with Gasteiger partial charge in [0.25, 0.3) is 0 Å². The lowest BCUT2D eigenvalue weighted by Crippen LogP contribution is -2.17. The van der Waals surface area contributed by atoms with Crippen LogP contribution in [0.5, 0.6) is 5.75 Å². The minimum Gasteiger partial charge on any atom is -0.493 e. The van der Waals surface area contributed by atoms with Crippen molar-refractivity contribution in [1.29, 1.82) is 0 Å². The molecular formula is C16H17N3O2. The van der Waals surface area contributed by atoms with E-state index in [-0.39, 0.29) is 6.23 Å². The minimum absolute atomic E-state index is 0.235. The Balaban J connectivity index is 1.64. The lowest BCUT2D eigenvalue weighted by atomic mass is 10.3. The van der Waals surface area contributed by atoms with E-state index in [1.54, 1.807) is 11.9 Å². The van der Waals surface area contributed by atoms with Gasteiger partial charge in [-0.3, -0.25) is 0 Å². The fourth-order valence-electron chi connectivity index (χ4n) is 2.13. The zero-order valence-corrected chi connectivity index (χ0v) is 11.8. The van der Waals surface area contributed by atoms with Crippen molar-refractivity contribution in [2.24, 2.45) is 0 Å². The third kappa shape index (κ3) is 3.20. The largest absolute Gasteiger partial charge is 0.493 e. The van der Waals surface area contributed by atoms with E-state index in [1.807, 2.05) is 54.6 Å². The molecule has 108 valence electrons. The highest BCUT2D eigenvalue weighted by Gasteiger charge is 2.13. The van der Waals surface area contributed by atoms with Crippen LogP contribution in [0.2, 0.25) is 0 Å². The number of nitrogens with zero attached hydrogens (tertiary/aromatic N) is 3. The van der Waals surface area contributed by atoms with E-state index < -0.39 is 0 Å². The number of methoxy groups -OCH3 is 1. The summed E-state index contributed by atoms with van der Waals surface area (Å²) in [5, 5.41) is 8.87. The quantitative estimate of drug-likeness (QED) is 0.697. The van der Waals surface area contributed by atoms with Gasteiger partial charge in [-0.25, -0.2) is 0 Å². The summed E-state index contributed by atoms with van der Waals surface area (Å²) in [5.74, 6) is 0.853. The summed E-state index contributed by atoms with van der Waals surface area (Å²) in [7, 11) is 1.65. The first-order valence-corrected chi connectivity index (χ1v) is 6.89. The van der Waals surface area contributed by atoms with Gasteiger partial charge >= 0.3 is 0 Å². The van der Waals surface area contributed by atoms with Crippen LogP contribution in [0.1, 0.15) is 12.6 Å². The first-order chi connectivity index (χ1) is 10.4. The van der Waals surface area contributed by atoms with Crippen molar-refractivity contribution >= 4 is 11.0 Å². The van der Waals surface area contributed by atoms with Gasteiger partial charge in [0.2, 0.25) is 0 Å². The molecular weight excluding hydrogens is 266 g/mol. The fraction of sp³-hybridized carbons (Fsp3) is 0.250. The van der Waals surface area contributed by atoms with E-state index in [9.17, 15) is 0 Å². The monoisotopic (exact) mass is 283 g/mol. The molecule has 0 bridgehead atoms. The summed E-state index contributed by atoms with van der Waals surface area (Å²) in [6.07, 6.45) is 0.438. The van der Waals surface area contributed by atoms with Gasteiger partial charge in [0.15, 0.2) is 6.23 Å². The van der Waals surface area contributed by atoms with Crippen molar-refractivity contribution in [2.45, 2.75) is 12.6 Å². The topological polar surface area (TPSA) is 49.2 Å². The lowest BCUT2D eigenvalue weighted by molar-refractivity contribution is 0.00677. The number of ether oxygens (including phenoxy) is 2. The van der Waals surface area contributed by atoms with E-state index in [2.05, 4.69) is 10.2 Å². The SMILES string of the molecule is COC(CCOc1ccccc1)n1nc2ccccc2n1. The molecule has 2 aromatic carbocycles. The maximum absolute atomic E-state index is 5.68. The number of para-hydroxylation sites is 1. The van der Waals surface area contributed by atoms with Crippen LogP contribution in [0.4, 0.5) is 0 Å². The van der Waals surface area contributed by atoms with Crippen LogP contribution in [0.15, 0.2) is 54.6 Å². The Kier molecular flexibility index (Phi) is 4.12. The van der Waals surface area contributed by atoms with Crippen molar-refractivity contribution < 1.29 is 9.47 Å². The van der Waals surface area contributed by atoms with E-state index in [4.69, 9.17) is 9.47 Å². The molecule has 3 rings (SSSR count). The van der Waals surface area contributed by atoms with Crippen molar-refractivity contribution in [2.75, 3.05) is 13.7 Å². The predicted octanol–water partition coefficient (Wildman–Crippen LogP) is 3.05. The molecule has 0 saturated heterocycles. The molecule has 1 unspecified atom stereocenters. The van der Waals surface area contributed by atoms with Crippen molar-refractivity contribution in [3.63, 3.8) is 0 Å². The molecule has 0 aliphatic carbocycles. The van der Waals surface area contributed by atoms with Crippen LogP contribution in [0.25, 0.3) is 11.0 Å². The van der Waals surface area contributed by atoms with Gasteiger partial charge in [0.1, 0.15) is 16.8 Å². The van der Waals surface area contributed by atoms with E-state index in [0.29, 0.717) is 13.0 Å². The van der Waals surface area contributed by atoms with Crippen LogP contribution >= 0.6 is 0 Å². The second-order valence-electron chi connectivity index (χ2n) is 4.65. The lowest BCUT2D eigenvalue weighted by Gasteiger charge is -2.14. The van der Waals surface area contributed by atoms with Gasteiger partial charge in [0.05, 0.1) is 6.61 Å². The summed E-state index contributed by atoms with van der Waals surface area (Å²) < 4.78 is 11.1. The highest BCUT2D eigenvalue weighted by atomic mass is 16.5. The molecule has 0 fully saturated rings. The predicted molar refractivity (Wildman–Crippen MR) is 80.1 cm³/mol. The maximum Gasteiger partial charge on any atom is 0.172 e. The second kappa shape index (κ2) is 6.37. The molecule has 1 atom stereocenters. The molecule has 3 aromatic rings. The number of hydrogen-bond acceptors (Lipinski definition) is 4. The Morgan fingerprint density at radius 2 is 1.57 bits per heavy atom. The Bertz CT molecular complexity index is 664. The normalized spacial score (nSPS) is 12.4. The average molecular weight is 283 g/mol. The fourth-order valence-corrected chi connectivity index (χ4v) is 2.13. The molecule has 5 heteroatoms. The third-order valence-electron chi connectivity index (χ3n) is 3.21. The number of hydrogen-bond donors (Lipinski definition) is 0. The van der Waals surface area contributed by atoms with Gasteiger partial charge in [-0.15, -0.1) is 0 Å². The minimum atomic E-state index is -0.235. The first kappa shape index (κ1) is 13.6. The number of rotatable bonds is 6. The molecule has 1 aromatic heterocycles. The maximum atomic E-state index is 5.68. The Labute approximate surface area is 123 Å². The first-order valence-electron chi connectivity index (χ1n) is 6.89. The van der Waals surface area contributed by atoms with Crippen molar-refractivity contribution in [1.82, 2.24) is 15.0 Å². The molecule has 0 N–H and O–H groups in total. The Morgan fingerprint density at radius 1 is 0.952 bits per heavy atom. The van der Waals surface area contributed by atoms with Crippen LogP contribution in [-0.2, 0) is 4.74 Å². The molecule has 1 heterocycles. The van der Waals surface area contributed by atoms with Crippen molar-refractivity contribution in [3.05, 3.63) is 54.6 Å². The van der Waals surface area contributed by atoms with Gasteiger partial charge < -0.3 is 9.47 Å². The third-order valence-corrected chi connectivity index (χ3v) is 3.21. The van der Waals surface area contributed by atoms with Crippen LogP contribution < -0.4 is 4.74 Å². The average Bonchev–Trinajstić information content (AvgIpc) is 2.96. The molecule has 0 spiro atoms. The smallest absolute Gasteiger partial charge is 0.172 e. The standard InChI is InChI=1S/C16H17N3O2/c1-20-16(11-12-21-13-7-3-2-4-8-13)19-17-14-9-5-6-10-15(14)18-19/h2-10,16H,11-12H2,1H3. The summed E-state index contributed by atoms with van der Waals surface area (Å²) >= 11 is 0. The summed E-state index contributed by atoms with van der Waals surface area (Å²) in [6, 6.07) is 17.5.